The summed E-state index contributed by atoms with van der Waals surface area (Å²) in [5.41, 5.74) is 0.987. The molecule has 0 saturated heterocycles. The van der Waals surface area contributed by atoms with Crippen LogP contribution in [0.2, 0.25) is 0 Å². The topological polar surface area (TPSA) is 58.6 Å². The predicted octanol–water partition coefficient (Wildman–Crippen LogP) is 3.28. The molecular weight excluding hydrogens is 249 g/mol. The molecule has 0 aliphatic carbocycles. The summed E-state index contributed by atoms with van der Waals surface area (Å²) in [7, 11) is 1.56. The molecule has 0 fully saturated rings. The Bertz CT molecular complexity index is 596. The van der Waals surface area contributed by atoms with Crippen LogP contribution in [0.3, 0.4) is 0 Å². The average molecular weight is 261 g/mol. The standard InChI is InChI=1S/C14H12FNO3/c1-19-13-4-2-11(3-5-13)16-12-7-9(14(17)18)6-10(15)8-12/h2-8,16H,1H3,(H,17,18). The largest absolute Gasteiger partial charge is 0.497 e. The quantitative estimate of drug-likeness (QED) is 0.886. The molecule has 0 aromatic heterocycles. The van der Waals surface area contributed by atoms with Gasteiger partial charge in [0.25, 0.3) is 0 Å². The van der Waals surface area contributed by atoms with Crippen molar-refractivity contribution in [3.63, 3.8) is 0 Å². The number of nitrogens with one attached hydrogen (secondary N) is 1. The van der Waals surface area contributed by atoms with Crippen LogP contribution in [-0.4, -0.2) is 18.2 Å². The third kappa shape index (κ3) is 3.22. The molecule has 2 aromatic carbocycles. The van der Waals surface area contributed by atoms with Gasteiger partial charge in [0.05, 0.1) is 12.7 Å². The van der Waals surface area contributed by atoms with Gasteiger partial charge in [-0.2, -0.15) is 0 Å². The summed E-state index contributed by atoms with van der Waals surface area (Å²) >= 11 is 0. The van der Waals surface area contributed by atoms with Crippen molar-refractivity contribution >= 4 is 17.3 Å². The number of methoxy groups -OCH3 is 1. The highest BCUT2D eigenvalue weighted by atomic mass is 19.1. The van der Waals surface area contributed by atoms with E-state index in [2.05, 4.69) is 5.32 Å². The Morgan fingerprint density at radius 2 is 1.84 bits per heavy atom. The summed E-state index contributed by atoms with van der Waals surface area (Å²) in [6.07, 6.45) is 0. The van der Waals surface area contributed by atoms with Gasteiger partial charge in [-0.1, -0.05) is 0 Å². The zero-order chi connectivity index (χ0) is 13.8. The lowest BCUT2D eigenvalue weighted by molar-refractivity contribution is 0.0696. The van der Waals surface area contributed by atoms with Gasteiger partial charge in [-0.3, -0.25) is 0 Å². The number of hydrogen-bond donors (Lipinski definition) is 2. The SMILES string of the molecule is COc1ccc(Nc2cc(F)cc(C(=O)O)c2)cc1. The van der Waals surface area contributed by atoms with E-state index < -0.39 is 11.8 Å². The van der Waals surface area contributed by atoms with Crippen LogP contribution in [0.1, 0.15) is 10.4 Å². The third-order valence-corrected chi connectivity index (χ3v) is 2.52. The fourth-order valence-electron chi connectivity index (χ4n) is 1.63. The molecule has 0 spiro atoms. The van der Waals surface area contributed by atoms with Gasteiger partial charge in [0.1, 0.15) is 11.6 Å². The Kier molecular flexibility index (Phi) is 3.66. The van der Waals surface area contributed by atoms with Crippen molar-refractivity contribution in [2.75, 3.05) is 12.4 Å². The van der Waals surface area contributed by atoms with E-state index in [4.69, 9.17) is 9.84 Å². The van der Waals surface area contributed by atoms with Crippen molar-refractivity contribution < 1.29 is 19.0 Å². The molecule has 0 saturated carbocycles. The minimum atomic E-state index is -1.17. The van der Waals surface area contributed by atoms with Crippen LogP contribution in [0.15, 0.2) is 42.5 Å². The van der Waals surface area contributed by atoms with Gasteiger partial charge < -0.3 is 15.2 Å². The van der Waals surface area contributed by atoms with Crippen LogP contribution in [0.4, 0.5) is 15.8 Å². The maximum atomic E-state index is 13.3. The second-order valence-electron chi connectivity index (χ2n) is 3.89. The van der Waals surface area contributed by atoms with Crippen molar-refractivity contribution in [3.8, 4) is 5.75 Å². The van der Waals surface area contributed by atoms with Crippen LogP contribution >= 0.6 is 0 Å². The van der Waals surface area contributed by atoms with Crippen molar-refractivity contribution in [1.29, 1.82) is 0 Å². The van der Waals surface area contributed by atoms with Crippen LogP contribution in [0, 0.1) is 5.82 Å². The molecule has 0 aliphatic heterocycles. The lowest BCUT2D eigenvalue weighted by atomic mass is 10.2. The number of halogens is 1. The number of benzene rings is 2. The van der Waals surface area contributed by atoms with Crippen LogP contribution < -0.4 is 10.1 Å². The molecule has 2 aromatic rings. The number of aromatic carboxylic acids is 1. The lowest BCUT2D eigenvalue weighted by Gasteiger charge is -2.08. The zero-order valence-corrected chi connectivity index (χ0v) is 10.2. The van der Waals surface area contributed by atoms with Crippen molar-refractivity contribution in [3.05, 3.63) is 53.8 Å². The highest BCUT2D eigenvalue weighted by Gasteiger charge is 2.07. The minimum Gasteiger partial charge on any atom is -0.497 e. The molecule has 19 heavy (non-hydrogen) atoms. The summed E-state index contributed by atoms with van der Waals surface area (Å²) < 4.78 is 18.3. The second-order valence-corrected chi connectivity index (χ2v) is 3.89. The van der Waals surface area contributed by atoms with Gasteiger partial charge in [-0.15, -0.1) is 0 Å². The fourth-order valence-corrected chi connectivity index (χ4v) is 1.63. The van der Waals surface area contributed by atoms with E-state index in [-0.39, 0.29) is 5.56 Å². The lowest BCUT2D eigenvalue weighted by Crippen LogP contribution is -1.99. The molecule has 5 heteroatoms. The first kappa shape index (κ1) is 12.9. The average Bonchev–Trinajstić information content (AvgIpc) is 2.39. The number of anilines is 2. The molecule has 0 amide bonds. The van der Waals surface area contributed by atoms with E-state index in [0.717, 1.165) is 6.07 Å². The maximum absolute atomic E-state index is 13.3. The van der Waals surface area contributed by atoms with E-state index in [0.29, 0.717) is 17.1 Å². The summed E-state index contributed by atoms with van der Waals surface area (Å²) in [5, 5.41) is 11.8. The molecule has 0 unspecified atom stereocenters. The van der Waals surface area contributed by atoms with Crippen molar-refractivity contribution in [1.82, 2.24) is 0 Å². The molecule has 2 rings (SSSR count). The number of carboxylic acids is 1. The molecule has 0 radical (unpaired) electrons. The molecule has 0 aliphatic rings. The Morgan fingerprint density at radius 3 is 2.42 bits per heavy atom. The Labute approximate surface area is 109 Å². The highest BCUT2D eigenvalue weighted by Crippen LogP contribution is 2.21. The zero-order valence-electron chi connectivity index (χ0n) is 10.2. The Hall–Kier alpha value is -2.56. The van der Waals surface area contributed by atoms with E-state index in [9.17, 15) is 9.18 Å². The first-order valence-electron chi connectivity index (χ1n) is 5.53. The molecule has 0 bridgehead atoms. The van der Waals surface area contributed by atoms with E-state index >= 15 is 0 Å². The highest BCUT2D eigenvalue weighted by molar-refractivity contribution is 5.89. The number of ether oxygens (including phenoxy) is 1. The first-order valence-corrected chi connectivity index (χ1v) is 5.53. The third-order valence-electron chi connectivity index (χ3n) is 2.52. The van der Waals surface area contributed by atoms with Gasteiger partial charge in [-0.05, 0) is 42.5 Å². The number of hydrogen-bond acceptors (Lipinski definition) is 3. The van der Waals surface area contributed by atoms with E-state index in [1.165, 1.54) is 12.1 Å². The second kappa shape index (κ2) is 5.39. The molecule has 0 heterocycles. The summed E-state index contributed by atoms with van der Waals surface area (Å²) in [4.78, 5) is 10.8. The van der Waals surface area contributed by atoms with Gasteiger partial charge >= 0.3 is 5.97 Å². The molecule has 0 atom stereocenters. The number of carboxylic acid groups (broad SMARTS) is 1. The van der Waals surface area contributed by atoms with Crippen LogP contribution in [0.5, 0.6) is 5.75 Å². The van der Waals surface area contributed by atoms with E-state index in [1.807, 2.05) is 0 Å². The molecule has 98 valence electrons. The smallest absolute Gasteiger partial charge is 0.335 e. The first-order chi connectivity index (χ1) is 9.08. The summed E-state index contributed by atoms with van der Waals surface area (Å²) in [5.74, 6) is -1.07. The molecule has 4 nitrogen and oxygen atoms in total. The van der Waals surface area contributed by atoms with Gasteiger partial charge in [0.15, 0.2) is 0 Å². The summed E-state index contributed by atoms with van der Waals surface area (Å²) in [6, 6.07) is 10.6. The number of carbonyl (C=O) groups is 1. The van der Waals surface area contributed by atoms with Gasteiger partial charge in [-0.25, -0.2) is 9.18 Å². The minimum absolute atomic E-state index is 0.101. The predicted molar refractivity (Wildman–Crippen MR) is 69.6 cm³/mol. The molecule has 2 N–H and O–H groups in total. The Balaban J connectivity index is 2.24. The molecular formula is C14H12FNO3. The normalized spacial score (nSPS) is 10.0. The number of rotatable bonds is 4. The van der Waals surface area contributed by atoms with Gasteiger partial charge in [0, 0.05) is 11.4 Å². The van der Waals surface area contributed by atoms with Crippen LogP contribution in [0.25, 0.3) is 0 Å². The van der Waals surface area contributed by atoms with E-state index in [1.54, 1.807) is 31.4 Å². The van der Waals surface area contributed by atoms with Gasteiger partial charge in [0.2, 0.25) is 0 Å². The van der Waals surface area contributed by atoms with Crippen LogP contribution in [-0.2, 0) is 0 Å². The van der Waals surface area contributed by atoms with Crippen molar-refractivity contribution in [2.24, 2.45) is 0 Å². The monoisotopic (exact) mass is 261 g/mol. The fraction of sp³-hybridized carbons (Fsp3) is 0.0714. The maximum Gasteiger partial charge on any atom is 0.335 e. The summed E-state index contributed by atoms with van der Waals surface area (Å²) in [6.45, 7) is 0. The van der Waals surface area contributed by atoms with Crippen molar-refractivity contribution in [2.45, 2.75) is 0 Å². The Morgan fingerprint density at radius 1 is 1.16 bits per heavy atom.